The first-order valence-electron chi connectivity index (χ1n) is 8.12. The third kappa shape index (κ3) is 4.08. The van der Waals surface area contributed by atoms with Crippen LogP contribution in [0.2, 0.25) is 0 Å². The molecule has 23 heavy (non-hydrogen) atoms. The quantitative estimate of drug-likeness (QED) is 0.783. The standard InChI is InChI=1S/C19H21NO2S/c21-18(7-6-15-10-13-23-14-15)20-11-8-17(9-12-20)19(22)16-4-2-1-3-5-16/h1-5,10,13-14,17H,6-9,11-12H2. The van der Waals surface area contributed by atoms with Crippen LogP contribution in [0.1, 0.15) is 35.2 Å². The van der Waals surface area contributed by atoms with Gasteiger partial charge >= 0.3 is 0 Å². The number of hydrogen-bond acceptors (Lipinski definition) is 3. The van der Waals surface area contributed by atoms with Gasteiger partial charge in [0.25, 0.3) is 0 Å². The molecule has 1 saturated heterocycles. The topological polar surface area (TPSA) is 37.4 Å². The van der Waals surface area contributed by atoms with Crippen molar-refractivity contribution in [1.29, 1.82) is 0 Å². The van der Waals surface area contributed by atoms with Gasteiger partial charge < -0.3 is 4.90 Å². The molecule has 3 rings (SSSR count). The normalized spacial score (nSPS) is 15.6. The number of likely N-dealkylation sites (tertiary alicyclic amines) is 1. The van der Waals surface area contributed by atoms with Gasteiger partial charge in [0.1, 0.15) is 0 Å². The van der Waals surface area contributed by atoms with Crippen molar-refractivity contribution < 1.29 is 9.59 Å². The second-order valence-corrected chi connectivity index (χ2v) is 6.80. The van der Waals surface area contributed by atoms with Gasteiger partial charge in [-0.05, 0) is 41.7 Å². The van der Waals surface area contributed by atoms with Gasteiger partial charge in [0, 0.05) is 31.0 Å². The molecule has 0 aliphatic carbocycles. The summed E-state index contributed by atoms with van der Waals surface area (Å²) < 4.78 is 0. The first-order chi connectivity index (χ1) is 11.2. The predicted octanol–water partition coefficient (Wildman–Crippen LogP) is 3.80. The molecule has 2 heterocycles. The Balaban J connectivity index is 1.48. The van der Waals surface area contributed by atoms with E-state index in [4.69, 9.17) is 0 Å². The van der Waals surface area contributed by atoms with E-state index in [-0.39, 0.29) is 17.6 Å². The zero-order valence-corrected chi connectivity index (χ0v) is 13.9. The molecule has 0 bridgehead atoms. The first-order valence-corrected chi connectivity index (χ1v) is 9.06. The van der Waals surface area contributed by atoms with E-state index >= 15 is 0 Å². The van der Waals surface area contributed by atoms with Crippen LogP contribution < -0.4 is 0 Å². The molecule has 1 amide bonds. The molecule has 1 fully saturated rings. The van der Waals surface area contributed by atoms with Gasteiger partial charge in [0.15, 0.2) is 5.78 Å². The van der Waals surface area contributed by atoms with Crippen molar-refractivity contribution in [2.24, 2.45) is 5.92 Å². The number of piperidine rings is 1. The molecule has 1 aliphatic heterocycles. The molecule has 0 unspecified atom stereocenters. The molecule has 0 N–H and O–H groups in total. The molecular weight excluding hydrogens is 306 g/mol. The number of nitrogens with zero attached hydrogens (tertiary/aromatic N) is 1. The van der Waals surface area contributed by atoms with E-state index in [0.717, 1.165) is 24.8 Å². The summed E-state index contributed by atoms with van der Waals surface area (Å²) in [7, 11) is 0. The second-order valence-electron chi connectivity index (χ2n) is 6.02. The van der Waals surface area contributed by atoms with Crippen LogP contribution in [0.4, 0.5) is 0 Å². The van der Waals surface area contributed by atoms with Crippen LogP contribution in [0.3, 0.4) is 0 Å². The van der Waals surface area contributed by atoms with Crippen LogP contribution in [0.15, 0.2) is 47.2 Å². The molecule has 1 aromatic heterocycles. The summed E-state index contributed by atoms with van der Waals surface area (Å²) in [4.78, 5) is 26.7. The van der Waals surface area contributed by atoms with Gasteiger partial charge in [-0.1, -0.05) is 30.3 Å². The minimum Gasteiger partial charge on any atom is -0.343 e. The fraction of sp³-hybridized carbons (Fsp3) is 0.368. The van der Waals surface area contributed by atoms with E-state index in [1.807, 2.05) is 40.6 Å². The number of Topliss-reactive ketones (excluding diaryl/α,β-unsaturated/α-hetero) is 1. The minimum absolute atomic E-state index is 0.0540. The molecular formula is C19H21NO2S. The van der Waals surface area contributed by atoms with Crippen LogP contribution in [0.25, 0.3) is 0 Å². The lowest BCUT2D eigenvalue weighted by Crippen LogP contribution is -2.40. The number of benzene rings is 1. The van der Waals surface area contributed by atoms with Crippen molar-refractivity contribution in [3.8, 4) is 0 Å². The molecule has 1 aliphatic rings. The van der Waals surface area contributed by atoms with Crippen molar-refractivity contribution in [3.63, 3.8) is 0 Å². The molecule has 0 spiro atoms. The molecule has 3 nitrogen and oxygen atoms in total. The highest BCUT2D eigenvalue weighted by Crippen LogP contribution is 2.22. The summed E-state index contributed by atoms with van der Waals surface area (Å²) in [5, 5.41) is 4.14. The summed E-state index contributed by atoms with van der Waals surface area (Å²) in [5.41, 5.74) is 2.02. The molecule has 120 valence electrons. The summed E-state index contributed by atoms with van der Waals surface area (Å²) in [6.07, 6.45) is 2.93. The van der Waals surface area contributed by atoms with E-state index < -0.39 is 0 Å². The highest BCUT2D eigenvalue weighted by molar-refractivity contribution is 7.07. The zero-order valence-electron chi connectivity index (χ0n) is 13.1. The number of aryl methyl sites for hydroxylation is 1. The number of thiophene rings is 1. The number of carbonyl (C=O) groups excluding carboxylic acids is 2. The Morgan fingerprint density at radius 1 is 1.09 bits per heavy atom. The fourth-order valence-electron chi connectivity index (χ4n) is 3.07. The van der Waals surface area contributed by atoms with Gasteiger partial charge in [-0.3, -0.25) is 9.59 Å². The number of hydrogen-bond donors (Lipinski definition) is 0. The maximum absolute atomic E-state index is 12.5. The summed E-state index contributed by atoms with van der Waals surface area (Å²) in [6.45, 7) is 1.40. The Morgan fingerprint density at radius 3 is 2.48 bits per heavy atom. The minimum atomic E-state index is 0.0540. The van der Waals surface area contributed by atoms with Crippen molar-refractivity contribution in [1.82, 2.24) is 4.90 Å². The smallest absolute Gasteiger partial charge is 0.222 e. The molecule has 0 radical (unpaired) electrons. The number of carbonyl (C=O) groups is 2. The average Bonchev–Trinajstić information content (AvgIpc) is 3.13. The van der Waals surface area contributed by atoms with Gasteiger partial charge in [-0.25, -0.2) is 0 Å². The van der Waals surface area contributed by atoms with Gasteiger partial charge in [0.05, 0.1) is 0 Å². The maximum Gasteiger partial charge on any atom is 0.222 e. The Labute approximate surface area is 140 Å². The van der Waals surface area contributed by atoms with Crippen LogP contribution in [-0.4, -0.2) is 29.7 Å². The van der Waals surface area contributed by atoms with Crippen LogP contribution in [0, 0.1) is 5.92 Å². The summed E-state index contributed by atoms with van der Waals surface area (Å²) in [6, 6.07) is 11.5. The number of ketones is 1. The lowest BCUT2D eigenvalue weighted by atomic mass is 9.89. The summed E-state index contributed by atoms with van der Waals surface area (Å²) >= 11 is 1.67. The lowest BCUT2D eigenvalue weighted by molar-refractivity contribution is -0.132. The largest absolute Gasteiger partial charge is 0.343 e. The van der Waals surface area contributed by atoms with Gasteiger partial charge in [-0.15, -0.1) is 0 Å². The third-order valence-electron chi connectivity index (χ3n) is 4.48. The molecule has 4 heteroatoms. The van der Waals surface area contributed by atoms with Gasteiger partial charge in [0.2, 0.25) is 5.91 Å². The van der Waals surface area contributed by atoms with Crippen molar-refractivity contribution in [3.05, 3.63) is 58.3 Å². The van der Waals surface area contributed by atoms with E-state index in [0.29, 0.717) is 19.5 Å². The predicted molar refractivity (Wildman–Crippen MR) is 92.7 cm³/mol. The second kappa shape index (κ2) is 7.55. The lowest BCUT2D eigenvalue weighted by Gasteiger charge is -2.31. The average molecular weight is 327 g/mol. The van der Waals surface area contributed by atoms with E-state index in [1.165, 1.54) is 5.56 Å². The molecule has 0 saturated carbocycles. The molecule has 1 aromatic carbocycles. The Kier molecular flexibility index (Phi) is 5.23. The third-order valence-corrected chi connectivity index (χ3v) is 5.22. The highest BCUT2D eigenvalue weighted by atomic mass is 32.1. The number of amides is 1. The maximum atomic E-state index is 12.5. The van der Waals surface area contributed by atoms with E-state index in [2.05, 4.69) is 11.4 Å². The highest BCUT2D eigenvalue weighted by Gasteiger charge is 2.27. The van der Waals surface area contributed by atoms with Gasteiger partial charge in [-0.2, -0.15) is 11.3 Å². The Morgan fingerprint density at radius 2 is 1.83 bits per heavy atom. The van der Waals surface area contributed by atoms with Crippen LogP contribution in [0.5, 0.6) is 0 Å². The SMILES string of the molecule is O=C(c1ccccc1)C1CCN(C(=O)CCc2ccsc2)CC1. The van der Waals surface area contributed by atoms with Crippen molar-refractivity contribution >= 4 is 23.0 Å². The zero-order chi connectivity index (χ0) is 16.1. The van der Waals surface area contributed by atoms with Crippen LogP contribution in [-0.2, 0) is 11.2 Å². The van der Waals surface area contributed by atoms with Crippen LogP contribution >= 0.6 is 11.3 Å². The Hall–Kier alpha value is -1.94. The first kappa shape index (κ1) is 15.9. The number of rotatable bonds is 5. The van der Waals surface area contributed by atoms with Crippen molar-refractivity contribution in [2.75, 3.05) is 13.1 Å². The van der Waals surface area contributed by atoms with Crippen molar-refractivity contribution in [2.45, 2.75) is 25.7 Å². The fourth-order valence-corrected chi connectivity index (χ4v) is 3.78. The summed E-state index contributed by atoms with van der Waals surface area (Å²) in [5.74, 6) is 0.483. The Bertz CT molecular complexity index is 643. The molecule has 2 aromatic rings. The van der Waals surface area contributed by atoms with E-state index in [9.17, 15) is 9.59 Å². The monoisotopic (exact) mass is 327 g/mol. The molecule has 0 atom stereocenters. The van der Waals surface area contributed by atoms with E-state index in [1.54, 1.807) is 11.3 Å².